The number of likely N-dealkylation sites (tertiary alicyclic amines) is 1. The van der Waals surface area contributed by atoms with E-state index in [4.69, 9.17) is 10.5 Å². The van der Waals surface area contributed by atoms with Crippen LogP contribution in [0.3, 0.4) is 0 Å². The molecule has 2 aromatic heterocycles. The van der Waals surface area contributed by atoms with Gasteiger partial charge in [0.05, 0.1) is 27.4 Å². The summed E-state index contributed by atoms with van der Waals surface area (Å²) in [5.41, 5.74) is 1.89. The van der Waals surface area contributed by atoms with Crippen molar-refractivity contribution < 1.29 is 35.9 Å². The van der Waals surface area contributed by atoms with Crippen molar-refractivity contribution in [1.82, 2.24) is 24.7 Å². The van der Waals surface area contributed by atoms with E-state index in [-0.39, 0.29) is 88.2 Å². The minimum Gasteiger partial charge on any atom is -0.461 e. The molecule has 17 heteroatoms. The molecule has 4 atom stereocenters. The summed E-state index contributed by atoms with van der Waals surface area (Å²) in [6, 6.07) is 3.32. The van der Waals surface area contributed by atoms with E-state index in [0.29, 0.717) is 30.7 Å². The van der Waals surface area contributed by atoms with Gasteiger partial charge < -0.3 is 25.2 Å². The number of likely N-dealkylation sites (N-methyl/N-ethyl adjacent to an activating group) is 1. The van der Waals surface area contributed by atoms with Crippen molar-refractivity contribution in [1.29, 1.82) is 5.26 Å². The Balaban J connectivity index is 1.45. The van der Waals surface area contributed by atoms with Gasteiger partial charge in [0.15, 0.2) is 5.82 Å². The van der Waals surface area contributed by atoms with Gasteiger partial charge >= 0.3 is 18.2 Å². The maximum Gasteiger partial charge on any atom is 0.417 e. The van der Waals surface area contributed by atoms with Crippen molar-refractivity contribution in [3.8, 4) is 23.2 Å². The number of ether oxygens (including phenoxy) is 1. The lowest BCUT2D eigenvalue weighted by Crippen LogP contribution is -2.44. The predicted octanol–water partition coefficient (Wildman–Crippen LogP) is 7.19. The summed E-state index contributed by atoms with van der Waals surface area (Å²) in [4.78, 5) is 28.8. The third-order valence-corrected chi connectivity index (χ3v) is 11.9. The number of carbonyl (C=O) groups is 1. The zero-order valence-corrected chi connectivity index (χ0v) is 30.3. The number of amides is 2. The largest absolute Gasteiger partial charge is 0.461 e. The number of aromatic nitrogens is 2. The Morgan fingerprint density at radius 3 is 2.66 bits per heavy atom. The number of halogens is 6. The van der Waals surface area contributed by atoms with Crippen LogP contribution >= 0.6 is 11.3 Å². The maximum absolute atomic E-state index is 17.3. The molecule has 0 aliphatic carbocycles. The Hall–Kier alpha value is -4.56. The fraction of sp³-hybridized carbons (Fsp3) is 0.500. The molecule has 3 aliphatic heterocycles. The minimum atomic E-state index is -5.13. The van der Waals surface area contributed by atoms with Crippen LogP contribution in [0.1, 0.15) is 50.7 Å². The molecule has 2 N–H and O–H groups in total. The van der Waals surface area contributed by atoms with E-state index in [9.17, 15) is 18.8 Å². The molecule has 2 amide bonds. The molecular formula is C36H38F6N8O2S. The van der Waals surface area contributed by atoms with Crippen LogP contribution in [0, 0.1) is 23.0 Å². The number of hydrogen-bond acceptors (Lipinski definition) is 9. The first-order valence-corrected chi connectivity index (χ1v) is 18.2. The molecule has 0 radical (unpaired) electrons. The van der Waals surface area contributed by atoms with E-state index in [0.717, 1.165) is 24.6 Å². The number of nitrogens with two attached hydrogens (primary N) is 1. The normalized spacial score (nSPS) is 23.2. The number of anilines is 2. The molecule has 5 heterocycles. The number of nitrogen functional groups attached to an aromatic ring is 1. The number of nitriles is 1. The van der Waals surface area contributed by atoms with Crippen molar-refractivity contribution in [2.24, 2.45) is 0 Å². The Labute approximate surface area is 305 Å². The molecule has 0 bridgehead atoms. The first-order chi connectivity index (χ1) is 25.1. The smallest absolute Gasteiger partial charge is 0.417 e. The minimum absolute atomic E-state index is 0.0243. The van der Waals surface area contributed by atoms with E-state index < -0.39 is 52.2 Å². The van der Waals surface area contributed by atoms with Gasteiger partial charge in [-0.25, -0.2) is 18.0 Å². The second-order valence-electron chi connectivity index (χ2n) is 14.3. The van der Waals surface area contributed by atoms with Crippen LogP contribution in [-0.4, -0.2) is 101 Å². The zero-order chi connectivity index (χ0) is 38.1. The van der Waals surface area contributed by atoms with E-state index in [1.54, 1.807) is 30.8 Å². The average Bonchev–Trinajstić information content (AvgIpc) is 3.84. The number of benzene rings is 2. The number of carbonyl (C=O) groups excluding carboxylic acids is 1. The van der Waals surface area contributed by atoms with Gasteiger partial charge in [-0.3, -0.25) is 4.90 Å². The van der Waals surface area contributed by atoms with Crippen LogP contribution in [0.25, 0.3) is 32.1 Å². The number of fused-ring (bicyclic) bond motifs is 3. The molecule has 53 heavy (non-hydrogen) atoms. The summed E-state index contributed by atoms with van der Waals surface area (Å²) in [5, 5.41) is 9.25. The summed E-state index contributed by atoms with van der Waals surface area (Å²) in [5.74, 6) is -2.24. The fourth-order valence-electron chi connectivity index (χ4n) is 8.45. The first kappa shape index (κ1) is 36.8. The second-order valence-corrected chi connectivity index (χ2v) is 15.4. The molecule has 0 saturated carbocycles. The SMILES string of the molecule is CCN(c1nc(OCC23CCCN2CC(F)C3)nc2c(F)c(-c3ccc(F)c4sc(N)c(C#N)c34)c(C(F)(F)F)cc12)C1CC(C)N(C(=O)N(C)C)C1. The van der Waals surface area contributed by atoms with Gasteiger partial charge in [-0.15, -0.1) is 11.3 Å². The lowest BCUT2D eigenvalue weighted by atomic mass is 9.92. The van der Waals surface area contributed by atoms with Gasteiger partial charge in [-0.1, -0.05) is 6.07 Å². The molecule has 3 fully saturated rings. The third-order valence-electron chi connectivity index (χ3n) is 10.9. The highest BCUT2D eigenvalue weighted by Crippen LogP contribution is 2.48. The van der Waals surface area contributed by atoms with E-state index in [2.05, 4.69) is 9.97 Å². The maximum atomic E-state index is 17.3. The van der Waals surface area contributed by atoms with Crippen molar-refractivity contribution in [2.45, 2.75) is 69.5 Å². The molecule has 4 unspecified atom stereocenters. The van der Waals surface area contributed by atoms with E-state index in [1.807, 2.05) is 17.9 Å². The van der Waals surface area contributed by atoms with Crippen molar-refractivity contribution in [3.63, 3.8) is 0 Å². The Kier molecular flexibility index (Phi) is 9.29. The van der Waals surface area contributed by atoms with Crippen LogP contribution in [0.2, 0.25) is 0 Å². The second kappa shape index (κ2) is 13.4. The van der Waals surface area contributed by atoms with Gasteiger partial charge in [-0.05, 0) is 57.4 Å². The van der Waals surface area contributed by atoms with Crippen molar-refractivity contribution in [3.05, 3.63) is 41.0 Å². The van der Waals surface area contributed by atoms with Gasteiger partial charge in [0.2, 0.25) is 0 Å². The summed E-state index contributed by atoms with van der Waals surface area (Å²) >= 11 is 0.680. The summed E-state index contributed by atoms with van der Waals surface area (Å²) < 4.78 is 98.2. The Bertz CT molecular complexity index is 2150. The van der Waals surface area contributed by atoms with Gasteiger partial charge in [0.25, 0.3) is 0 Å². The third kappa shape index (κ3) is 6.13. The topological polar surface area (TPSA) is 115 Å². The van der Waals surface area contributed by atoms with Gasteiger partial charge in [0.1, 0.15) is 41.0 Å². The number of nitrogens with zero attached hydrogens (tertiary/aromatic N) is 7. The summed E-state index contributed by atoms with van der Waals surface area (Å²) in [6.45, 7) is 5.00. The molecule has 0 spiro atoms. The van der Waals surface area contributed by atoms with Gasteiger partial charge in [0, 0.05) is 62.5 Å². The number of rotatable bonds is 7. The van der Waals surface area contributed by atoms with Crippen LogP contribution < -0.4 is 15.4 Å². The number of urea groups is 1. The zero-order valence-electron chi connectivity index (χ0n) is 29.5. The Morgan fingerprint density at radius 2 is 1.98 bits per heavy atom. The molecule has 4 aromatic rings. The molecular weight excluding hydrogens is 723 g/mol. The summed E-state index contributed by atoms with van der Waals surface area (Å²) in [7, 11) is 3.25. The lowest BCUT2D eigenvalue weighted by Gasteiger charge is -2.32. The molecule has 7 rings (SSSR count). The standard InChI is InChI=1S/C36H38F6N8O2S/c1-5-49(20-11-18(2)50(16-20)34(51)47(3)4)32-22-12-24(36(40,41)42)27(21-7-8-25(38)30-26(21)23(14-43)31(44)53-30)28(39)29(22)45-33(46-32)52-17-35-9-6-10-48(35)15-19(37)13-35/h7-8,12,18-20H,5-6,9-11,13,15-17,44H2,1-4H3. The number of hydrogen-bond donors (Lipinski definition) is 1. The lowest BCUT2D eigenvalue weighted by molar-refractivity contribution is -0.137. The fourth-order valence-corrected chi connectivity index (χ4v) is 9.40. The quantitative estimate of drug-likeness (QED) is 0.197. The highest BCUT2D eigenvalue weighted by molar-refractivity contribution is 7.23. The van der Waals surface area contributed by atoms with E-state index in [1.165, 1.54) is 4.90 Å². The molecule has 10 nitrogen and oxygen atoms in total. The van der Waals surface area contributed by atoms with Crippen LogP contribution in [0.15, 0.2) is 18.2 Å². The summed E-state index contributed by atoms with van der Waals surface area (Å²) in [6.07, 6.45) is -4.03. The Morgan fingerprint density at radius 1 is 1.23 bits per heavy atom. The average molecular weight is 761 g/mol. The highest BCUT2D eigenvalue weighted by atomic mass is 32.1. The molecule has 3 saturated heterocycles. The van der Waals surface area contributed by atoms with Crippen LogP contribution in [-0.2, 0) is 6.18 Å². The van der Waals surface area contributed by atoms with Crippen molar-refractivity contribution >= 4 is 49.2 Å². The van der Waals surface area contributed by atoms with Crippen molar-refractivity contribution in [2.75, 3.05) is 57.5 Å². The molecule has 2 aromatic carbocycles. The monoisotopic (exact) mass is 760 g/mol. The first-order valence-electron chi connectivity index (χ1n) is 17.4. The predicted molar refractivity (Wildman–Crippen MR) is 190 cm³/mol. The van der Waals surface area contributed by atoms with Crippen LogP contribution in [0.5, 0.6) is 6.01 Å². The molecule has 282 valence electrons. The number of thiophene rings is 1. The number of alkyl halides is 4. The highest BCUT2D eigenvalue weighted by Gasteiger charge is 2.49. The molecule has 3 aliphatic rings. The van der Waals surface area contributed by atoms with Crippen LogP contribution in [0.4, 0.5) is 42.0 Å². The van der Waals surface area contributed by atoms with Gasteiger partial charge in [-0.2, -0.15) is 28.4 Å². The van der Waals surface area contributed by atoms with E-state index >= 15 is 17.6 Å².